The fraction of sp³-hybridized carbons (Fsp3) is 0.381. The van der Waals surface area contributed by atoms with E-state index in [0.29, 0.717) is 16.5 Å². The lowest BCUT2D eigenvalue weighted by Crippen LogP contribution is -2.52. The molecule has 3 rings (SSSR count). The van der Waals surface area contributed by atoms with Crippen LogP contribution in [0.4, 0.5) is 11.4 Å². The minimum atomic E-state index is -0.219. The van der Waals surface area contributed by atoms with Crippen molar-refractivity contribution in [2.24, 2.45) is 0 Å². The molecule has 0 aliphatic carbocycles. The largest absolute Gasteiger partial charge is 0.495 e. The van der Waals surface area contributed by atoms with Gasteiger partial charge >= 0.3 is 0 Å². The number of carbonyl (C=O) groups excluding carboxylic acids is 1. The number of halogens is 1. The van der Waals surface area contributed by atoms with Crippen molar-refractivity contribution >= 4 is 28.9 Å². The molecule has 0 bridgehead atoms. The van der Waals surface area contributed by atoms with Crippen LogP contribution in [0, 0.1) is 6.92 Å². The van der Waals surface area contributed by atoms with E-state index >= 15 is 0 Å². The molecule has 2 aromatic carbocycles. The Balaban J connectivity index is 1.61. The van der Waals surface area contributed by atoms with E-state index in [-0.39, 0.29) is 11.9 Å². The Bertz CT molecular complexity index is 790. The number of hydrogen-bond acceptors (Lipinski definition) is 4. The summed E-state index contributed by atoms with van der Waals surface area (Å²) in [6.07, 6.45) is 0. The molecule has 2 aromatic rings. The molecule has 1 amide bonds. The van der Waals surface area contributed by atoms with E-state index in [1.54, 1.807) is 13.2 Å². The third-order valence-corrected chi connectivity index (χ3v) is 5.51. The molecule has 0 saturated carbocycles. The Kier molecular flexibility index (Phi) is 6.24. The van der Waals surface area contributed by atoms with Crippen molar-refractivity contribution in [3.8, 4) is 5.75 Å². The van der Waals surface area contributed by atoms with Crippen LogP contribution in [-0.4, -0.2) is 50.1 Å². The number of nitrogens with one attached hydrogen (secondary N) is 1. The number of piperazine rings is 1. The number of carbonyl (C=O) groups is 1. The Morgan fingerprint density at radius 1 is 1.15 bits per heavy atom. The second kappa shape index (κ2) is 8.63. The van der Waals surface area contributed by atoms with Gasteiger partial charge in [0.1, 0.15) is 5.75 Å². The van der Waals surface area contributed by atoms with E-state index in [9.17, 15) is 4.79 Å². The van der Waals surface area contributed by atoms with Crippen LogP contribution in [-0.2, 0) is 4.79 Å². The molecule has 1 unspecified atom stereocenters. The van der Waals surface area contributed by atoms with Crippen molar-refractivity contribution in [3.63, 3.8) is 0 Å². The summed E-state index contributed by atoms with van der Waals surface area (Å²) < 4.78 is 5.35. The average molecular weight is 388 g/mol. The van der Waals surface area contributed by atoms with E-state index in [0.717, 1.165) is 31.7 Å². The highest BCUT2D eigenvalue weighted by Gasteiger charge is 2.26. The molecule has 0 aromatic heterocycles. The maximum Gasteiger partial charge on any atom is 0.241 e. The Morgan fingerprint density at radius 2 is 1.81 bits per heavy atom. The number of amides is 1. The van der Waals surface area contributed by atoms with E-state index in [2.05, 4.69) is 39.4 Å². The summed E-state index contributed by atoms with van der Waals surface area (Å²) in [5, 5.41) is 3.61. The molecule has 1 aliphatic heterocycles. The Morgan fingerprint density at radius 3 is 2.44 bits per heavy atom. The predicted molar refractivity (Wildman–Crippen MR) is 111 cm³/mol. The number of ether oxygens (including phenoxy) is 1. The molecule has 1 fully saturated rings. The first kappa shape index (κ1) is 19.5. The van der Waals surface area contributed by atoms with Crippen molar-refractivity contribution in [3.05, 3.63) is 53.1 Å². The zero-order valence-electron chi connectivity index (χ0n) is 16.0. The summed E-state index contributed by atoms with van der Waals surface area (Å²) in [7, 11) is 1.57. The van der Waals surface area contributed by atoms with E-state index in [1.807, 2.05) is 26.0 Å². The fourth-order valence-corrected chi connectivity index (χ4v) is 3.49. The highest BCUT2D eigenvalue weighted by atomic mass is 35.5. The maximum absolute atomic E-state index is 12.8. The topological polar surface area (TPSA) is 44.8 Å². The molecule has 1 N–H and O–H groups in total. The molecule has 5 nitrogen and oxygen atoms in total. The van der Waals surface area contributed by atoms with Gasteiger partial charge in [-0.05, 0) is 37.6 Å². The van der Waals surface area contributed by atoms with E-state index < -0.39 is 0 Å². The second-order valence-corrected chi connectivity index (χ2v) is 7.23. The minimum absolute atomic E-state index is 0.0387. The molecule has 27 heavy (non-hydrogen) atoms. The van der Waals surface area contributed by atoms with Crippen LogP contribution in [0.3, 0.4) is 0 Å². The van der Waals surface area contributed by atoms with Crippen LogP contribution in [0.1, 0.15) is 12.5 Å². The summed E-state index contributed by atoms with van der Waals surface area (Å²) >= 11 is 6.14. The van der Waals surface area contributed by atoms with Gasteiger partial charge in [0.05, 0.1) is 18.8 Å². The van der Waals surface area contributed by atoms with Crippen molar-refractivity contribution in [2.75, 3.05) is 43.5 Å². The lowest BCUT2D eigenvalue weighted by Gasteiger charge is -2.38. The quantitative estimate of drug-likeness (QED) is 0.847. The summed E-state index contributed by atoms with van der Waals surface area (Å²) in [5.41, 5.74) is 2.78. The lowest BCUT2D eigenvalue weighted by molar-refractivity contribution is -0.120. The van der Waals surface area contributed by atoms with Crippen LogP contribution in [0.5, 0.6) is 5.75 Å². The molecule has 1 aliphatic rings. The van der Waals surface area contributed by atoms with Gasteiger partial charge in [0, 0.05) is 43.0 Å². The zero-order valence-corrected chi connectivity index (χ0v) is 16.8. The molecule has 1 saturated heterocycles. The third kappa shape index (κ3) is 4.54. The molecule has 144 valence electrons. The van der Waals surface area contributed by atoms with Gasteiger partial charge in [0.15, 0.2) is 0 Å². The van der Waals surface area contributed by atoms with Crippen molar-refractivity contribution in [2.45, 2.75) is 19.9 Å². The standard InChI is InChI=1S/C21H26ClN3O2/c1-15-13-19(20(27-3)14-18(15)22)23-21(26)16(2)24-9-11-25(12-10-24)17-7-5-4-6-8-17/h4-8,13-14,16H,9-12H2,1-3H3,(H,23,26). The molecule has 6 heteroatoms. The Labute approximate surface area is 165 Å². The van der Waals surface area contributed by atoms with Crippen molar-refractivity contribution < 1.29 is 9.53 Å². The van der Waals surface area contributed by atoms with Crippen LogP contribution in [0.25, 0.3) is 0 Å². The van der Waals surface area contributed by atoms with Gasteiger partial charge in [0.25, 0.3) is 0 Å². The number of rotatable bonds is 5. The molecular formula is C21H26ClN3O2. The Hall–Kier alpha value is -2.24. The second-order valence-electron chi connectivity index (χ2n) is 6.83. The van der Waals surface area contributed by atoms with Crippen LogP contribution in [0.2, 0.25) is 5.02 Å². The zero-order chi connectivity index (χ0) is 19.4. The summed E-state index contributed by atoms with van der Waals surface area (Å²) in [6.45, 7) is 7.36. The summed E-state index contributed by atoms with van der Waals surface area (Å²) in [5.74, 6) is 0.531. The van der Waals surface area contributed by atoms with Crippen LogP contribution >= 0.6 is 11.6 Å². The maximum atomic E-state index is 12.8. The number of nitrogens with zero attached hydrogens (tertiary/aromatic N) is 2. The number of methoxy groups -OCH3 is 1. The summed E-state index contributed by atoms with van der Waals surface area (Å²) in [4.78, 5) is 17.3. The molecule has 1 heterocycles. The van der Waals surface area contributed by atoms with Crippen LogP contribution in [0.15, 0.2) is 42.5 Å². The number of para-hydroxylation sites is 1. The highest BCUT2D eigenvalue weighted by molar-refractivity contribution is 6.31. The first-order valence-corrected chi connectivity index (χ1v) is 9.56. The first-order chi connectivity index (χ1) is 13.0. The number of benzene rings is 2. The average Bonchev–Trinajstić information content (AvgIpc) is 2.70. The lowest BCUT2D eigenvalue weighted by atomic mass is 10.1. The number of anilines is 2. The van der Waals surface area contributed by atoms with Gasteiger partial charge in [-0.1, -0.05) is 29.8 Å². The predicted octanol–water partition coefficient (Wildman–Crippen LogP) is 3.81. The fourth-order valence-electron chi connectivity index (χ4n) is 3.34. The minimum Gasteiger partial charge on any atom is -0.495 e. The smallest absolute Gasteiger partial charge is 0.241 e. The molecule has 0 spiro atoms. The third-order valence-electron chi connectivity index (χ3n) is 5.10. The normalized spacial score (nSPS) is 16.1. The molecule has 1 atom stereocenters. The van der Waals surface area contributed by atoms with Gasteiger partial charge in [0.2, 0.25) is 5.91 Å². The number of aryl methyl sites for hydroxylation is 1. The van der Waals surface area contributed by atoms with Gasteiger partial charge in [-0.15, -0.1) is 0 Å². The highest BCUT2D eigenvalue weighted by Crippen LogP contribution is 2.31. The van der Waals surface area contributed by atoms with Crippen molar-refractivity contribution in [1.29, 1.82) is 0 Å². The van der Waals surface area contributed by atoms with E-state index in [4.69, 9.17) is 16.3 Å². The first-order valence-electron chi connectivity index (χ1n) is 9.18. The van der Waals surface area contributed by atoms with Gasteiger partial charge in [-0.25, -0.2) is 0 Å². The van der Waals surface area contributed by atoms with Crippen LogP contribution < -0.4 is 15.0 Å². The molecule has 0 radical (unpaired) electrons. The van der Waals surface area contributed by atoms with Crippen molar-refractivity contribution in [1.82, 2.24) is 4.90 Å². The SMILES string of the molecule is COc1cc(Cl)c(C)cc1NC(=O)C(C)N1CCN(c2ccccc2)CC1. The molecular weight excluding hydrogens is 362 g/mol. The van der Waals surface area contributed by atoms with Gasteiger partial charge in [-0.3, -0.25) is 9.69 Å². The monoisotopic (exact) mass is 387 g/mol. The van der Waals surface area contributed by atoms with Gasteiger partial charge < -0.3 is 15.0 Å². The van der Waals surface area contributed by atoms with Gasteiger partial charge in [-0.2, -0.15) is 0 Å². The number of hydrogen-bond donors (Lipinski definition) is 1. The van der Waals surface area contributed by atoms with E-state index in [1.165, 1.54) is 5.69 Å². The summed E-state index contributed by atoms with van der Waals surface area (Å²) in [6, 6.07) is 13.7.